The van der Waals surface area contributed by atoms with E-state index in [4.69, 9.17) is 16.6 Å². The van der Waals surface area contributed by atoms with Gasteiger partial charge in [-0.15, -0.1) is 0 Å². The molecule has 8 heteroatoms. The highest BCUT2D eigenvalue weighted by Gasteiger charge is 2.22. The first kappa shape index (κ1) is 17.8. The summed E-state index contributed by atoms with van der Waals surface area (Å²) in [7, 11) is 1.49. The highest BCUT2D eigenvalue weighted by Crippen LogP contribution is 2.02. The van der Waals surface area contributed by atoms with Gasteiger partial charge in [0.1, 0.15) is 6.04 Å². The van der Waals surface area contributed by atoms with Crippen LogP contribution in [-0.2, 0) is 9.59 Å². The van der Waals surface area contributed by atoms with Crippen LogP contribution in [0.1, 0.15) is 26.2 Å². The maximum atomic E-state index is 11.6. The molecule has 112 valence electrons. The number of nitrogens with zero attached hydrogens (tertiary/aromatic N) is 1. The number of rotatable bonds is 9. The predicted octanol–water partition coefficient (Wildman–Crippen LogP) is -1.76. The number of nitrogens with two attached hydrogens (primary N) is 2. The molecule has 0 aliphatic carbocycles. The zero-order valence-electron chi connectivity index (χ0n) is 11.4. The van der Waals surface area contributed by atoms with E-state index in [1.165, 1.54) is 12.1 Å². The third-order valence-corrected chi connectivity index (χ3v) is 2.73. The second kappa shape index (κ2) is 8.81. The molecule has 0 rings (SSSR count). The van der Waals surface area contributed by atoms with Gasteiger partial charge in [-0.3, -0.25) is 15.0 Å². The summed E-state index contributed by atoms with van der Waals surface area (Å²) in [6, 6.07) is -1.30. The number of aliphatic hydroxyl groups excluding tert-OH is 1. The fraction of sp³-hybridized carbons (Fsp3) is 0.818. The van der Waals surface area contributed by atoms with Gasteiger partial charge in [-0.25, -0.2) is 5.01 Å². The molecular formula is C11H24N4O4. The minimum Gasteiger partial charge on any atom is -0.480 e. The number of hydrogen-bond donors (Lipinski definition) is 5. The maximum absolute atomic E-state index is 11.6. The Hall–Kier alpha value is -1.22. The quantitative estimate of drug-likeness (QED) is 0.314. The Balaban J connectivity index is 4.19. The molecule has 0 heterocycles. The van der Waals surface area contributed by atoms with Crippen molar-refractivity contribution in [2.75, 3.05) is 13.6 Å². The highest BCUT2D eigenvalue weighted by molar-refractivity contribution is 5.77. The molecule has 0 saturated carbocycles. The molecule has 0 spiro atoms. The van der Waals surface area contributed by atoms with E-state index in [9.17, 15) is 14.7 Å². The number of amides is 1. The van der Waals surface area contributed by atoms with Gasteiger partial charge in [-0.05, 0) is 12.8 Å². The molecule has 0 saturated heterocycles. The number of aliphatic hydroxyl groups is 1. The monoisotopic (exact) mass is 276 g/mol. The summed E-state index contributed by atoms with van der Waals surface area (Å²) in [6.07, 6.45) is -0.145. The van der Waals surface area contributed by atoms with Crippen LogP contribution >= 0.6 is 0 Å². The molecule has 8 nitrogen and oxygen atoms in total. The standard InChI is InChI=1S/C11H24N4O4/c1-3-9(11(18)19)15(2)14-10(17)5-7(13)4-8(16)6-12/h7-9,16H,3-6,12-13H2,1-2H3,(H,14,17)(H,18,19)/t7-,8-,9?/m1/s1. The van der Waals surface area contributed by atoms with Crippen LogP contribution in [0.15, 0.2) is 0 Å². The summed E-state index contributed by atoms with van der Waals surface area (Å²) in [6.45, 7) is 1.80. The first-order valence-corrected chi connectivity index (χ1v) is 6.20. The van der Waals surface area contributed by atoms with Gasteiger partial charge in [0.25, 0.3) is 0 Å². The minimum absolute atomic E-state index is 0.00253. The van der Waals surface area contributed by atoms with Crippen LogP contribution < -0.4 is 16.9 Å². The van der Waals surface area contributed by atoms with Crippen molar-refractivity contribution in [1.82, 2.24) is 10.4 Å². The van der Waals surface area contributed by atoms with E-state index in [0.717, 1.165) is 0 Å². The van der Waals surface area contributed by atoms with Crippen molar-refractivity contribution in [2.24, 2.45) is 11.5 Å². The second-order valence-corrected chi connectivity index (χ2v) is 4.50. The van der Waals surface area contributed by atoms with Gasteiger partial charge in [0.2, 0.25) is 5.91 Å². The smallest absolute Gasteiger partial charge is 0.322 e. The van der Waals surface area contributed by atoms with Crippen LogP contribution in [-0.4, -0.2) is 58.9 Å². The van der Waals surface area contributed by atoms with Crippen molar-refractivity contribution in [2.45, 2.75) is 44.4 Å². The fourth-order valence-corrected chi connectivity index (χ4v) is 1.70. The Morgan fingerprint density at radius 3 is 2.42 bits per heavy atom. The maximum Gasteiger partial charge on any atom is 0.322 e. The SMILES string of the molecule is CCC(C(=O)O)N(C)NC(=O)C[C@H](N)C[C@@H](O)CN. The Kier molecular flexibility index (Phi) is 8.24. The van der Waals surface area contributed by atoms with E-state index in [0.29, 0.717) is 6.42 Å². The van der Waals surface area contributed by atoms with Gasteiger partial charge >= 0.3 is 5.97 Å². The third kappa shape index (κ3) is 7.06. The van der Waals surface area contributed by atoms with Gasteiger partial charge < -0.3 is 21.7 Å². The van der Waals surface area contributed by atoms with Gasteiger partial charge in [0.15, 0.2) is 0 Å². The first-order chi connectivity index (χ1) is 8.81. The zero-order valence-corrected chi connectivity index (χ0v) is 11.4. The van der Waals surface area contributed by atoms with Crippen molar-refractivity contribution in [3.63, 3.8) is 0 Å². The van der Waals surface area contributed by atoms with Crippen molar-refractivity contribution < 1.29 is 19.8 Å². The summed E-state index contributed by atoms with van der Waals surface area (Å²) < 4.78 is 0. The second-order valence-electron chi connectivity index (χ2n) is 4.50. The van der Waals surface area contributed by atoms with Crippen molar-refractivity contribution in [1.29, 1.82) is 0 Å². The minimum atomic E-state index is -1.01. The average molecular weight is 276 g/mol. The number of carbonyl (C=O) groups is 2. The number of carboxylic acid groups (broad SMARTS) is 1. The molecule has 1 unspecified atom stereocenters. The molecule has 19 heavy (non-hydrogen) atoms. The van der Waals surface area contributed by atoms with Crippen LogP contribution in [0.5, 0.6) is 0 Å². The molecule has 1 amide bonds. The van der Waals surface area contributed by atoms with E-state index >= 15 is 0 Å². The molecule has 0 fully saturated rings. The summed E-state index contributed by atoms with van der Waals surface area (Å²) in [5.74, 6) is -1.40. The van der Waals surface area contributed by atoms with E-state index < -0.39 is 24.2 Å². The van der Waals surface area contributed by atoms with E-state index in [2.05, 4.69) is 5.43 Å². The number of carbonyl (C=O) groups excluding carboxylic acids is 1. The molecule has 0 aromatic rings. The average Bonchev–Trinajstić information content (AvgIpc) is 2.28. The van der Waals surface area contributed by atoms with Gasteiger partial charge in [-0.2, -0.15) is 0 Å². The summed E-state index contributed by atoms with van der Waals surface area (Å²) >= 11 is 0. The Bertz CT molecular complexity index is 300. The van der Waals surface area contributed by atoms with Crippen LogP contribution in [0.2, 0.25) is 0 Å². The highest BCUT2D eigenvalue weighted by atomic mass is 16.4. The Labute approximate surface area is 112 Å². The third-order valence-electron chi connectivity index (χ3n) is 2.73. The summed E-state index contributed by atoms with van der Waals surface area (Å²) in [5.41, 5.74) is 13.4. The van der Waals surface area contributed by atoms with Crippen LogP contribution in [0.25, 0.3) is 0 Å². The zero-order chi connectivity index (χ0) is 15.0. The van der Waals surface area contributed by atoms with Crippen molar-refractivity contribution in [3.05, 3.63) is 0 Å². The largest absolute Gasteiger partial charge is 0.480 e. The lowest BCUT2D eigenvalue weighted by Gasteiger charge is -2.25. The van der Waals surface area contributed by atoms with Crippen LogP contribution in [0.3, 0.4) is 0 Å². The first-order valence-electron chi connectivity index (χ1n) is 6.20. The number of likely N-dealkylation sites (N-methyl/N-ethyl adjacent to an activating group) is 1. The molecule has 0 aliphatic rings. The molecule has 0 bridgehead atoms. The Morgan fingerprint density at radius 2 is 2.00 bits per heavy atom. The van der Waals surface area contributed by atoms with Crippen molar-refractivity contribution in [3.8, 4) is 0 Å². The van der Waals surface area contributed by atoms with Gasteiger partial charge in [-0.1, -0.05) is 6.92 Å². The number of aliphatic carboxylic acids is 1. The summed E-state index contributed by atoms with van der Waals surface area (Å²) in [5, 5.41) is 19.5. The number of hydrogen-bond acceptors (Lipinski definition) is 6. The van der Waals surface area contributed by atoms with E-state index in [1.807, 2.05) is 0 Å². The number of hydrazine groups is 1. The number of carboxylic acids is 1. The van der Waals surface area contributed by atoms with Crippen molar-refractivity contribution >= 4 is 11.9 Å². The lowest BCUT2D eigenvalue weighted by Crippen LogP contribution is -2.50. The molecule has 3 atom stereocenters. The van der Waals surface area contributed by atoms with E-state index in [1.54, 1.807) is 6.92 Å². The Morgan fingerprint density at radius 1 is 1.42 bits per heavy atom. The molecule has 0 aromatic heterocycles. The molecular weight excluding hydrogens is 252 g/mol. The fourth-order valence-electron chi connectivity index (χ4n) is 1.70. The van der Waals surface area contributed by atoms with Crippen LogP contribution in [0.4, 0.5) is 0 Å². The normalized spacial score (nSPS) is 15.9. The molecule has 0 aromatic carbocycles. The van der Waals surface area contributed by atoms with Gasteiger partial charge in [0.05, 0.1) is 6.10 Å². The summed E-state index contributed by atoms with van der Waals surface area (Å²) in [4.78, 5) is 22.5. The molecule has 0 radical (unpaired) electrons. The van der Waals surface area contributed by atoms with E-state index in [-0.39, 0.29) is 25.3 Å². The molecule has 7 N–H and O–H groups in total. The lowest BCUT2D eigenvalue weighted by molar-refractivity contribution is -0.145. The lowest BCUT2D eigenvalue weighted by atomic mass is 10.1. The van der Waals surface area contributed by atoms with Gasteiger partial charge in [0, 0.05) is 26.1 Å². The topological polar surface area (TPSA) is 142 Å². The molecule has 0 aliphatic heterocycles. The predicted molar refractivity (Wildman–Crippen MR) is 69.9 cm³/mol. The van der Waals surface area contributed by atoms with Crippen LogP contribution in [0, 0.1) is 0 Å². The number of nitrogens with one attached hydrogen (secondary N) is 1.